The Hall–Kier alpha value is -2.59. The van der Waals surface area contributed by atoms with Gasteiger partial charge in [-0.3, -0.25) is 13.9 Å². The van der Waals surface area contributed by atoms with Gasteiger partial charge in [0.25, 0.3) is 0 Å². The first-order valence-electron chi connectivity index (χ1n) is 10.4. The average molecular weight is 540 g/mol. The van der Waals surface area contributed by atoms with Gasteiger partial charge in [-0.15, -0.1) is 0 Å². The highest BCUT2D eigenvalue weighted by atomic mass is 79.9. The maximum absolute atomic E-state index is 13.4. The van der Waals surface area contributed by atoms with Crippen molar-refractivity contribution >= 4 is 43.5 Å². The number of hydrogen-bond donors (Lipinski definition) is 1. The molecule has 33 heavy (non-hydrogen) atoms. The van der Waals surface area contributed by atoms with Crippen molar-refractivity contribution in [2.24, 2.45) is 0 Å². The highest BCUT2D eigenvalue weighted by Crippen LogP contribution is 2.24. The van der Waals surface area contributed by atoms with Crippen molar-refractivity contribution in [3.05, 3.63) is 58.6 Å². The summed E-state index contributed by atoms with van der Waals surface area (Å²) in [7, 11) is -2.32. The molecule has 0 aliphatic carbocycles. The fourth-order valence-electron chi connectivity index (χ4n) is 3.15. The van der Waals surface area contributed by atoms with Crippen LogP contribution in [0.5, 0.6) is 5.75 Å². The molecular weight excluding hydrogens is 510 g/mol. The van der Waals surface area contributed by atoms with Gasteiger partial charge in [0.1, 0.15) is 18.3 Å². The number of carbonyl (C=O) groups is 2. The molecule has 0 unspecified atom stereocenters. The van der Waals surface area contributed by atoms with E-state index in [-0.39, 0.29) is 18.5 Å². The first kappa shape index (κ1) is 26.7. The monoisotopic (exact) mass is 539 g/mol. The minimum absolute atomic E-state index is 0.103. The molecule has 0 aliphatic rings. The van der Waals surface area contributed by atoms with Gasteiger partial charge in [0.2, 0.25) is 21.8 Å². The van der Waals surface area contributed by atoms with Crippen LogP contribution in [0.1, 0.15) is 26.3 Å². The molecule has 10 heteroatoms. The molecule has 0 heterocycles. The number of rotatable bonds is 10. The third-order valence-corrected chi connectivity index (χ3v) is 6.55. The Morgan fingerprint density at radius 3 is 2.27 bits per heavy atom. The predicted octanol–water partition coefficient (Wildman–Crippen LogP) is 3.17. The Morgan fingerprint density at radius 2 is 1.73 bits per heavy atom. The van der Waals surface area contributed by atoms with Gasteiger partial charge >= 0.3 is 0 Å². The number of benzene rings is 2. The Balaban J connectivity index is 2.39. The Kier molecular flexibility index (Phi) is 9.30. The van der Waals surface area contributed by atoms with Gasteiger partial charge in [-0.25, -0.2) is 8.42 Å². The minimum Gasteiger partial charge on any atom is -0.497 e. The van der Waals surface area contributed by atoms with Gasteiger partial charge < -0.3 is 15.0 Å². The van der Waals surface area contributed by atoms with E-state index in [2.05, 4.69) is 21.2 Å². The summed E-state index contributed by atoms with van der Waals surface area (Å²) in [5.41, 5.74) is 1.11. The third-order valence-electron chi connectivity index (χ3n) is 4.88. The second-order valence-electron chi connectivity index (χ2n) is 7.96. The summed E-state index contributed by atoms with van der Waals surface area (Å²) < 4.78 is 32.2. The van der Waals surface area contributed by atoms with Gasteiger partial charge in [0.15, 0.2) is 0 Å². The van der Waals surface area contributed by atoms with E-state index in [1.807, 2.05) is 38.1 Å². The van der Waals surface area contributed by atoms with Gasteiger partial charge in [-0.2, -0.15) is 0 Å². The number of nitrogens with one attached hydrogen (secondary N) is 1. The number of anilines is 1. The van der Waals surface area contributed by atoms with Crippen LogP contribution in [0.15, 0.2) is 53.0 Å². The molecular formula is C23H30BrN3O5S. The molecule has 2 aromatic rings. The third kappa shape index (κ3) is 7.75. The molecule has 0 aliphatic heterocycles. The summed E-state index contributed by atoms with van der Waals surface area (Å²) in [4.78, 5) is 27.5. The Labute approximate surface area is 204 Å². The number of methoxy groups -OCH3 is 1. The highest BCUT2D eigenvalue weighted by molar-refractivity contribution is 9.10. The molecule has 0 saturated carbocycles. The van der Waals surface area contributed by atoms with E-state index in [1.165, 1.54) is 12.0 Å². The molecule has 0 bridgehead atoms. The largest absolute Gasteiger partial charge is 0.497 e. The second kappa shape index (κ2) is 11.5. The van der Waals surface area contributed by atoms with Crippen LogP contribution in [0.2, 0.25) is 0 Å². The van der Waals surface area contributed by atoms with Crippen molar-refractivity contribution in [2.45, 2.75) is 39.4 Å². The molecule has 1 atom stereocenters. The SMILES string of the molecule is COc1cccc(N(CC(=O)N(Cc2ccc(Br)cc2)[C@H](C)C(=O)NC(C)C)S(C)(=O)=O)c1. The summed E-state index contributed by atoms with van der Waals surface area (Å²) in [5.74, 6) is -0.356. The van der Waals surface area contributed by atoms with Crippen LogP contribution in [0.25, 0.3) is 0 Å². The molecule has 0 fully saturated rings. The van der Waals surface area contributed by atoms with E-state index in [0.717, 1.165) is 20.6 Å². The summed E-state index contributed by atoms with van der Waals surface area (Å²) in [6.07, 6.45) is 1.04. The summed E-state index contributed by atoms with van der Waals surface area (Å²) in [5, 5.41) is 2.81. The van der Waals surface area contributed by atoms with Crippen LogP contribution in [0, 0.1) is 0 Å². The maximum atomic E-state index is 13.4. The van der Waals surface area contributed by atoms with Gasteiger partial charge in [-0.1, -0.05) is 34.1 Å². The predicted molar refractivity (Wildman–Crippen MR) is 133 cm³/mol. The number of amides is 2. The number of nitrogens with zero attached hydrogens (tertiary/aromatic N) is 2. The fraction of sp³-hybridized carbons (Fsp3) is 0.391. The maximum Gasteiger partial charge on any atom is 0.244 e. The van der Waals surface area contributed by atoms with Crippen LogP contribution in [-0.4, -0.2) is 57.1 Å². The second-order valence-corrected chi connectivity index (χ2v) is 10.8. The smallest absolute Gasteiger partial charge is 0.244 e. The lowest BCUT2D eigenvalue weighted by Crippen LogP contribution is -2.52. The first-order chi connectivity index (χ1) is 15.4. The van der Waals surface area contributed by atoms with Crippen molar-refractivity contribution in [1.29, 1.82) is 0 Å². The highest BCUT2D eigenvalue weighted by Gasteiger charge is 2.30. The Bertz CT molecular complexity index is 1070. The van der Waals surface area contributed by atoms with E-state index in [1.54, 1.807) is 31.2 Å². The summed E-state index contributed by atoms with van der Waals surface area (Å²) in [6.45, 7) is 4.99. The normalized spacial score (nSPS) is 12.2. The van der Waals surface area contributed by atoms with E-state index in [9.17, 15) is 18.0 Å². The van der Waals surface area contributed by atoms with E-state index < -0.39 is 28.5 Å². The zero-order valence-electron chi connectivity index (χ0n) is 19.4. The molecule has 0 radical (unpaired) electrons. The molecule has 0 saturated heterocycles. The number of ether oxygens (including phenoxy) is 1. The van der Waals surface area contributed by atoms with Crippen molar-refractivity contribution in [3.63, 3.8) is 0 Å². The molecule has 8 nitrogen and oxygen atoms in total. The van der Waals surface area contributed by atoms with Crippen LogP contribution >= 0.6 is 15.9 Å². The van der Waals surface area contributed by atoms with Crippen LogP contribution in [-0.2, 0) is 26.2 Å². The molecule has 1 N–H and O–H groups in total. The van der Waals surface area contributed by atoms with E-state index in [4.69, 9.17) is 4.74 Å². The van der Waals surface area contributed by atoms with E-state index >= 15 is 0 Å². The molecule has 0 aromatic heterocycles. The van der Waals surface area contributed by atoms with Gasteiger partial charge in [0.05, 0.1) is 19.1 Å². The average Bonchev–Trinajstić information content (AvgIpc) is 2.75. The van der Waals surface area contributed by atoms with Crippen LogP contribution in [0.3, 0.4) is 0 Å². The molecule has 2 aromatic carbocycles. The zero-order chi connectivity index (χ0) is 24.8. The van der Waals surface area contributed by atoms with Crippen LogP contribution < -0.4 is 14.4 Å². The van der Waals surface area contributed by atoms with E-state index in [0.29, 0.717) is 11.4 Å². The number of sulfonamides is 1. The zero-order valence-corrected chi connectivity index (χ0v) is 21.8. The lowest BCUT2D eigenvalue weighted by molar-refractivity contribution is -0.139. The lowest BCUT2D eigenvalue weighted by atomic mass is 10.1. The topological polar surface area (TPSA) is 96.0 Å². The molecule has 2 amide bonds. The first-order valence-corrected chi connectivity index (χ1v) is 13.0. The van der Waals surface area contributed by atoms with Crippen molar-refractivity contribution < 1.29 is 22.7 Å². The van der Waals surface area contributed by atoms with Crippen LogP contribution in [0.4, 0.5) is 5.69 Å². The standard InChI is InChI=1S/C23H30BrN3O5S/c1-16(2)25-23(29)17(3)26(14-18-9-11-19(24)12-10-18)22(28)15-27(33(5,30)31)20-7-6-8-21(13-20)32-4/h6-13,16-17H,14-15H2,1-5H3,(H,25,29)/t17-/m1/s1. The van der Waals surface area contributed by atoms with Crippen molar-refractivity contribution in [1.82, 2.24) is 10.2 Å². The lowest BCUT2D eigenvalue weighted by Gasteiger charge is -2.32. The van der Waals surface area contributed by atoms with Crippen molar-refractivity contribution in [2.75, 3.05) is 24.2 Å². The summed E-state index contributed by atoms with van der Waals surface area (Å²) in [6, 6.07) is 12.9. The minimum atomic E-state index is -3.79. The van der Waals surface area contributed by atoms with Crippen molar-refractivity contribution in [3.8, 4) is 5.75 Å². The quantitative estimate of drug-likeness (QED) is 0.500. The number of halogens is 1. The van der Waals surface area contributed by atoms with Gasteiger partial charge in [0, 0.05) is 23.1 Å². The molecule has 0 spiro atoms. The van der Waals surface area contributed by atoms with Gasteiger partial charge in [-0.05, 0) is 50.6 Å². The summed E-state index contributed by atoms with van der Waals surface area (Å²) >= 11 is 3.38. The molecule has 2 rings (SSSR count). The fourth-order valence-corrected chi connectivity index (χ4v) is 4.26. The number of carbonyl (C=O) groups excluding carboxylic acids is 2. The molecule has 180 valence electrons. The number of hydrogen-bond acceptors (Lipinski definition) is 5. The Morgan fingerprint density at radius 1 is 1.09 bits per heavy atom.